The minimum Gasteiger partial charge on any atom is -0.326 e. The molecule has 0 fully saturated rings. The topological polar surface area (TPSA) is 87.2 Å². The van der Waals surface area contributed by atoms with E-state index < -0.39 is 10.8 Å². The molecule has 0 saturated heterocycles. The maximum atomic E-state index is 12.0. The van der Waals surface area contributed by atoms with Crippen LogP contribution in [-0.4, -0.2) is 28.8 Å². The molecule has 0 aromatic heterocycles. The number of nitro benzene ring substituents is 1. The van der Waals surface area contributed by atoms with E-state index >= 15 is 0 Å². The number of amides is 1. The number of hydrogen-bond donors (Lipinski definition) is 0. The van der Waals surface area contributed by atoms with Gasteiger partial charge in [0, 0.05) is 18.7 Å². The lowest BCUT2D eigenvalue weighted by Crippen LogP contribution is -2.31. The summed E-state index contributed by atoms with van der Waals surface area (Å²) in [6, 6.07) is 5.49. The van der Waals surface area contributed by atoms with Crippen molar-refractivity contribution in [2.75, 3.05) is 13.1 Å². The molecule has 0 unspecified atom stereocenters. The fourth-order valence-electron chi connectivity index (χ4n) is 1.37. The summed E-state index contributed by atoms with van der Waals surface area (Å²) in [5.41, 5.74) is -0.0285. The number of nitro groups is 1. The van der Waals surface area contributed by atoms with Crippen LogP contribution in [0, 0.1) is 21.4 Å². The third-order valence-electron chi connectivity index (χ3n) is 2.32. The third kappa shape index (κ3) is 2.96. The van der Waals surface area contributed by atoms with E-state index in [2.05, 4.69) is 0 Å². The monoisotopic (exact) mass is 267 g/mol. The lowest BCUT2D eigenvalue weighted by molar-refractivity contribution is -0.384. The molecule has 0 saturated carbocycles. The fourth-order valence-corrected chi connectivity index (χ4v) is 1.63. The first-order valence-corrected chi connectivity index (χ1v) is 5.49. The Bertz CT molecular complexity index is 525. The van der Waals surface area contributed by atoms with E-state index in [1.807, 2.05) is 6.07 Å². The molecule has 1 rings (SSSR count). The van der Waals surface area contributed by atoms with Crippen molar-refractivity contribution in [2.45, 2.75) is 6.92 Å². The van der Waals surface area contributed by atoms with Crippen LogP contribution in [0.1, 0.15) is 17.3 Å². The Balaban J connectivity index is 3.07. The predicted octanol–water partition coefficient (Wildman–Crippen LogP) is 2.23. The van der Waals surface area contributed by atoms with Gasteiger partial charge in [-0.3, -0.25) is 14.9 Å². The van der Waals surface area contributed by atoms with Gasteiger partial charge in [-0.1, -0.05) is 11.6 Å². The van der Waals surface area contributed by atoms with Crippen molar-refractivity contribution >= 4 is 23.2 Å². The average Bonchev–Trinajstić information content (AvgIpc) is 2.34. The zero-order valence-corrected chi connectivity index (χ0v) is 10.3. The first kappa shape index (κ1) is 13.9. The van der Waals surface area contributed by atoms with Crippen molar-refractivity contribution in [2.24, 2.45) is 0 Å². The zero-order valence-electron chi connectivity index (χ0n) is 9.59. The molecule has 0 aliphatic rings. The van der Waals surface area contributed by atoms with Crippen LogP contribution in [0.3, 0.4) is 0 Å². The van der Waals surface area contributed by atoms with Gasteiger partial charge < -0.3 is 4.90 Å². The molecule has 6 nitrogen and oxygen atoms in total. The van der Waals surface area contributed by atoms with Crippen molar-refractivity contribution in [3.63, 3.8) is 0 Å². The van der Waals surface area contributed by atoms with Gasteiger partial charge in [-0.25, -0.2) is 0 Å². The predicted molar refractivity (Wildman–Crippen MR) is 65.3 cm³/mol. The van der Waals surface area contributed by atoms with E-state index in [0.717, 1.165) is 6.07 Å². The third-order valence-corrected chi connectivity index (χ3v) is 2.64. The van der Waals surface area contributed by atoms with Crippen LogP contribution in [0.5, 0.6) is 0 Å². The standard InChI is InChI=1S/C11H10ClN3O3/c1-2-14(6-5-13)11(16)9-4-3-8(15(17)18)7-10(9)12/h3-4,7H,2,6H2,1H3. The van der Waals surface area contributed by atoms with Gasteiger partial charge in [-0.05, 0) is 13.0 Å². The van der Waals surface area contributed by atoms with E-state index in [1.165, 1.54) is 17.0 Å². The summed E-state index contributed by atoms with van der Waals surface area (Å²) in [5.74, 6) is -0.418. The van der Waals surface area contributed by atoms with E-state index in [1.54, 1.807) is 6.92 Å². The van der Waals surface area contributed by atoms with Crippen LogP contribution in [0.25, 0.3) is 0 Å². The summed E-state index contributed by atoms with van der Waals surface area (Å²) in [6.45, 7) is 2.04. The Morgan fingerprint density at radius 1 is 1.61 bits per heavy atom. The first-order valence-electron chi connectivity index (χ1n) is 5.11. The van der Waals surface area contributed by atoms with Crippen LogP contribution in [0.2, 0.25) is 5.02 Å². The van der Waals surface area contributed by atoms with Crippen molar-refractivity contribution < 1.29 is 9.72 Å². The summed E-state index contributed by atoms with van der Waals surface area (Å²) in [6.07, 6.45) is 0. The van der Waals surface area contributed by atoms with Crippen LogP contribution >= 0.6 is 11.6 Å². The van der Waals surface area contributed by atoms with Crippen molar-refractivity contribution in [3.05, 3.63) is 38.9 Å². The minimum atomic E-state index is -0.590. The van der Waals surface area contributed by atoms with E-state index in [0.29, 0.717) is 6.54 Å². The average molecular weight is 268 g/mol. The largest absolute Gasteiger partial charge is 0.326 e. The number of rotatable bonds is 4. The van der Waals surface area contributed by atoms with Gasteiger partial charge in [0.05, 0.1) is 21.6 Å². The zero-order chi connectivity index (χ0) is 13.7. The molecule has 0 heterocycles. The molecular formula is C11H10ClN3O3. The fraction of sp³-hybridized carbons (Fsp3) is 0.273. The van der Waals surface area contributed by atoms with Crippen molar-refractivity contribution in [1.29, 1.82) is 5.26 Å². The van der Waals surface area contributed by atoms with Crippen LogP contribution in [0.4, 0.5) is 5.69 Å². The molecule has 0 radical (unpaired) electrons. The Morgan fingerprint density at radius 2 is 2.28 bits per heavy atom. The second-order valence-corrected chi connectivity index (χ2v) is 3.81. The van der Waals surface area contributed by atoms with Gasteiger partial charge in [0.25, 0.3) is 11.6 Å². The van der Waals surface area contributed by atoms with Gasteiger partial charge in [0.2, 0.25) is 0 Å². The number of carbonyl (C=O) groups excluding carboxylic acids is 1. The Labute approximate surface area is 109 Å². The molecule has 0 bridgehead atoms. The van der Waals surface area contributed by atoms with Gasteiger partial charge >= 0.3 is 0 Å². The summed E-state index contributed by atoms with van der Waals surface area (Å²) >= 11 is 5.83. The molecule has 1 aromatic rings. The highest BCUT2D eigenvalue weighted by Gasteiger charge is 2.19. The van der Waals surface area contributed by atoms with Crippen LogP contribution < -0.4 is 0 Å². The summed E-state index contributed by atoms with van der Waals surface area (Å²) in [5, 5.41) is 19.1. The van der Waals surface area contributed by atoms with Gasteiger partial charge in [-0.15, -0.1) is 0 Å². The van der Waals surface area contributed by atoms with Crippen molar-refractivity contribution in [3.8, 4) is 6.07 Å². The number of hydrogen-bond acceptors (Lipinski definition) is 4. The Hall–Kier alpha value is -2.13. The summed E-state index contributed by atoms with van der Waals surface area (Å²) in [4.78, 5) is 23.2. The number of nitrogens with zero attached hydrogens (tertiary/aromatic N) is 3. The molecule has 0 atom stereocenters. The van der Waals surface area contributed by atoms with E-state index in [-0.39, 0.29) is 22.8 Å². The summed E-state index contributed by atoms with van der Waals surface area (Å²) < 4.78 is 0. The van der Waals surface area contributed by atoms with Crippen LogP contribution in [0.15, 0.2) is 18.2 Å². The SMILES string of the molecule is CCN(CC#N)C(=O)c1ccc([N+](=O)[O-])cc1Cl. The molecule has 0 N–H and O–H groups in total. The maximum absolute atomic E-state index is 12.0. The molecule has 1 aromatic carbocycles. The molecule has 0 aliphatic carbocycles. The molecular weight excluding hydrogens is 258 g/mol. The number of benzene rings is 1. The quantitative estimate of drug-likeness (QED) is 0.475. The highest BCUT2D eigenvalue weighted by Crippen LogP contribution is 2.23. The van der Waals surface area contributed by atoms with Gasteiger partial charge in [0.1, 0.15) is 6.54 Å². The molecule has 1 amide bonds. The van der Waals surface area contributed by atoms with E-state index in [9.17, 15) is 14.9 Å². The van der Waals surface area contributed by atoms with E-state index in [4.69, 9.17) is 16.9 Å². The van der Waals surface area contributed by atoms with Gasteiger partial charge in [0.15, 0.2) is 0 Å². The highest BCUT2D eigenvalue weighted by atomic mass is 35.5. The molecule has 7 heteroatoms. The summed E-state index contributed by atoms with van der Waals surface area (Å²) in [7, 11) is 0. The molecule has 94 valence electrons. The number of nitriles is 1. The molecule has 18 heavy (non-hydrogen) atoms. The maximum Gasteiger partial charge on any atom is 0.270 e. The van der Waals surface area contributed by atoms with Crippen molar-refractivity contribution in [1.82, 2.24) is 4.90 Å². The second-order valence-electron chi connectivity index (χ2n) is 3.40. The minimum absolute atomic E-state index is 0.00518. The number of carbonyl (C=O) groups is 1. The lowest BCUT2D eigenvalue weighted by Gasteiger charge is -2.17. The number of non-ortho nitro benzene ring substituents is 1. The molecule has 0 aliphatic heterocycles. The second kappa shape index (κ2) is 5.98. The number of halogens is 1. The highest BCUT2D eigenvalue weighted by molar-refractivity contribution is 6.34. The normalized spacial score (nSPS) is 9.61. The first-order chi connectivity index (χ1) is 8.51. The Kier molecular flexibility index (Phi) is 4.63. The lowest BCUT2D eigenvalue weighted by atomic mass is 10.1. The molecule has 0 spiro atoms. The van der Waals surface area contributed by atoms with Crippen LogP contribution in [-0.2, 0) is 0 Å². The Morgan fingerprint density at radius 3 is 2.72 bits per heavy atom. The van der Waals surface area contributed by atoms with Gasteiger partial charge in [-0.2, -0.15) is 5.26 Å². The smallest absolute Gasteiger partial charge is 0.270 e.